The molecule has 1 aromatic rings. The highest BCUT2D eigenvalue weighted by molar-refractivity contribution is 6.11. The lowest BCUT2D eigenvalue weighted by atomic mass is 9.77. The smallest absolute Gasteiger partial charge is 0.290 e. The van der Waals surface area contributed by atoms with Crippen LogP contribution < -0.4 is 4.74 Å². The summed E-state index contributed by atoms with van der Waals surface area (Å²) in [7, 11) is 0. The van der Waals surface area contributed by atoms with Gasteiger partial charge in [-0.2, -0.15) is 0 Å². The second-order valence-electron chi connectivity index (χ2n) is 9.91. The summed E-state index contributed by atoms with van der Waals surface area (Å²) >= 11 is 0. The summed E-state index contributed by atoms with van der Waals surface area (Å²) in [5.74, 6) is -0.0124. The summed E-state index contributed by atoms with van der Waals surface area (Å²) < 4.78 is 31.7. The molecule has 4 atom stereocenters. The van der Waals surface area contributed by atoms with Crippen molar-refractivity contribution in [2.45, 2.75) is 57.3 Å². The summed E-state index contributed by atoms with van der Waals surface area (Å²) in [5.41, 5.74) is 1.22. The van der Waals surface area contributed by atoms with E-state index < -0.39 is 24.2 Å². The second kappa shape index (κ2) is 10.7. The van der Waals surface area contributed by atoms with Crippen LogP contribution in [0.5, 0.6) is 5.75 Å². The largest absolute Gasteiger partial charge is 0.494 e. The molecule has 1 aliphatic carbocycles. The number of ketones is 1. The van der Waals surface area contributed by atoms with Crippen molar-refractivity contribution in [1.82, 2.24) is 9.80 Å². The normalized spacial score (nSPS) is 29.1. The molecule has 4 unspecified atom stereocenters. The van der Waals surface area contributed by atoms with Crippen molar-refractivity contribution in [2.75, 3.05) is 46.0 Å². The van der Waals surface area contributed by atoms with E-state index in [0.717, 1.165) is 51.3 Å². The Balaban J connectivity index is 1.43. The lowest BCUT2D eigenvalue weighted by Gasteiger charge is -2.36. The highest BCUT2D eigenvalue weighted by Crippen LogP contribution is 2.47. The molecule has 0 spiro atoms. The fourth-order valence-electron chi connectivity index (χ4n) is 5.72. The molecule has 190 valence electrons. The van der Waals surface area contributed by atoms with Gasteiger partial charge in [-0.15, -0.1) is 0 Å². The van der Waals surface area contributed by atoms with E-state index in [1.807, 2.05) is 31.2 Å². The maximum Gasteiger partial charge on any atom is 0.290 e. The van der Waals surface area contributed by atoms with E-state index in [0.29, 0.717) is 37.3 Å². The van der Waals surface area contributed by atoms with Crippen LogP contribution in [-0.2, 0) is 19.1 Å². The average molecular weight is 487 g/mol. The van der Waals surface area contributed by atoms with Crippen LogP contribution >= 0.6 is 0 Å². The van der Waals surface area contributed by atoms with Crippen LogP contribution in [0.25, 0.3) is 0 Å². The molecule has 2 fully saturated rings. The molecule has 35 heavy (non-hydrogen) atoms. The molecule has 8 heteroatoms. The maximum atomic E-state index is 14.2. The summed E-state index contributed by atoms with van der Waals surface area (Å²) in [5, 5.41) is 0. The monoisotopic (exact) mass is 486 g/mol. The number of carbonyl (C=O) groups is 2. The van der Waals surface area contributed by atoms with E-state index in [1.54, 1.807) is 4.90 Å². The van der Waals surface area contributed by atoms with E-state index in [2.05, 4.69) is 4.90 Å². The number of halogens is 1. The predicted molar refractivity (Wildman–Crippen MR) is 128 cm³/mol. The standard InChI is InChI=1S/C27H35FN2O5/c1-2-13-34-20-6-3-5-18(16-20)24-23-25(31)21-17-19(28)7-8-22(21)35-26(23)27(32)30(24)10-4-9-29-11-14-33-15-12-29/h3,5-6,16,19,21-22,24H,2,4,7-15,17H2,1H3. The fourth-order valence-corrected chi connectivity index (χ4v) is 5.72. The molecule has 1 saturated carbocycles. The van der Waals surface area contributed by atoms with E-state index in [4.69, 9.17) is 14.2 Å². The number of alkyl halides is 1. The van der Waals surface area contributed by atoms with Crippen molar-refractivity contribution < 1.29 is 28.2 Å². The summed E-state index contributed by atoms with van der Waals surface area (Å²) in [6, 6.07) is 7.08. The number of ether oxygens (including phenoxy) is 3. The molecular formula is C27H35FN2O5. The minimum atomic E-state index is -1.00. The minimum Gasteiger partial charge on any atom is -0.494 e. The van der Waals surface area contributed by atoms with Crippen LogP contribution in [0, 0.1) is 5.92 Å². The predicted octanol–water partition coefficient (Wildman–Crippen LogP) is 3.44. The van der Waals surface area contributed by atoms with Gasteiger partial charge in [0.2, 0.25) is 0 Å². The van der Waals surface area contributed by atoms with Gasteiger partial charge < -0.3 is 19.1 Å². The Hall–Kier alpha value is -2.45. The van der Waals surface area contributed by atoms with Crippen molar-refractivity contribution in [3.05, 3.63) is 41.2 Å². The Bertz CT molecular complexity index is 976. The molecular weight excluding hydrogens is 451 g/mol. The van der Waals surface area contributed by atoms with Crippen LogP contribution in [-0.4, -0.2) is 79.8 Å². The molecule has 1 saturated heterocycles. The summed E-state index contributed by atoms with van der Waals surface area (Å²) in [4.78, 5) is 31.4. The number of fused-ring (bicyclic) bond motifs is 1. The Labute approximate surface area is 206 Å². The SMILES string of the molecule is CCCOc1cccc(C2C3=C(OC4CCC(F)CC4C3=O)C(=O)N2CCCN2CCOCC2)c1. The van der Waals surface area contributed by atoms with Gasteiger partial charge in [-0.05, 0) is 49.8 Å². The van der Waals surface area contributed by atoms with E-state index >= 15 is 0 Å². The molecule has 1 amide bonds. The minimum absolute atomic E-state index is 0.132. The number of nitrogens with zero attached hydrogens (tertiary/aromatic N) is 2. The van der Waals surface area contributed by atoms with Gasteiger partial charge in [-0.1, -0.05) is 19.1 Å². The topological polar surface area (TPSA) is 68.3 Å². The molecule has 0 N–H and O–H groups in total. The third-order valence-electron chi connectivity index (χ3n) is 7.50. The van der Waals surface area contributed by atoms with Crippen molar-refractivity contribution in [2.24, 2.45) is 5.92 Å². The number of benzene rings is 1. The van der Waals surface area contributed by atoms with Gasteiger partial charge in [-0.25, -0.2) is 4.39 Å². The highest BCUT2D eigenvalue weighted by atomic mass is 19.1. The Morgan fingerprint density at radius 2 is 1.97 bits per heavy atom. The molecule has 0 bridgehead atoms. The lowest BCUT2D eigenvalue weighted by Crippen LogP contribution is -2.42. The van der Waals surface area contributed by atoms with Crippen molar-refractivity contribution in [3.63, 3.8) is 0 Å². The molecule has 1 aromatic carbocycles. The second-order valence-corrected chi connectivity index (χ2v) is 9.91. The third-order valence-corrected chi connectivity index (χ3v) is 7.50. The number of carbonyl (C=O) groups excluding carboxylic acids is 2. The first kappa shape index (κ1) is 24.3. The first-order chi connectivity index (χ1) is 17.1. The Morgan fingerprint density at radius 3 is 2.77 bits per heavy atom. The van der Waals surface area contributed by atoms with Crippen LogP contribution in [0.1, 0.15) is 50.6 Å². The van der Waals surface area contributed by atoms with Gasteiger partial charge in [-0.3, -0.25) is 14.5 Å². The van der Waals surface area contributed by atoms with Crippen molar-refractivity contribution in [1.29, 1.82) is 0 Å². The zero-order valence-corrected chi connectivity index (χ0v) is 20.4. The van der Waals surface area contributed by atoms with Crippen molar-refractivity contribution >= 4 is 11.7 Å². The first-order valence-corrected chi connectivity index (χ1v) is 13.0. The Morgan fingerprint density at radius 1 is 1.14 bits per heavy atom. The van der Waals surface area contributed by atoms with Gasteiger partial charge in [0, 0.05) is 26.2 Å². The molecule has 0 radical (unpaired) electrons. The quantitative estimate of drug-likeness (QED) is 0.561. The van der Waals surface area contributed by atoms with E-state index in [9.17, 15) is 14.0 Å². The lowest BCUT2D eigenvalue weighted by molar-refractivity contribution is -0.136. The third kappa shape index (κ3) is 4.96. The zero-order chi connectivity index (χ0) is 24.4. The molecule has 0 aromatic heterocycles. The van der Waals surface area contributed by atoms with Crippen molar-refractivity contribution in [3.8, 4) is 5.75 Å². The molecule has 5 rings (SSSR count). The summed E-state index contributed by atoms with van der Waals surface area (Å²) in [6.45, 7) is 7.23. The first-order valence-electron chi connectivity index (χ1n) is 13.0. The van der Waals surface area contributed by atoms with E-state index in [1.165, 1.54) is 0 Å². The van der Waals surface area contributed by atoms with Gasteiger partial charge in [0.05, 0.1) is 37.4 Å². The van der Waals surface area contributed by atoms with Gasteiger partial charge in [0.15, 0.2) is 11.5 Å². The molecule has 3 heterocycles. The number of morpholine rings is 1. The number of amides is 1. The average Bonchev–Trinajstić information content (AvgIpc) is 3.16. The van der Waals surface area contributed by atoms with Crippen LogP contribution in [0.4, 0.5) is 4.39 Å². The summed E-state index contributed by atoms with van der Waals surface area (Å²) in [6.07, 6.45) is 1.25. The maximum absolute atomic E-state index is 14.2. The zero-order valence-electron chi connectivity index (χ0n) is 20.4. The molecule has 3 aliphatic heterocycles. The number of rotatable bonds is 8. The van der Waals surface area contributed by atoms with Gasteiger partial charge in [0.1, 0.15) is 18.0 Å². The highest BCUT2D eigenvalue weighted by Gasteiger charge is 2.52. The number of Topliss-reactive ketones (excluding diaryl/α,β-unsaturated/α-hetero) is 1. The van der Waals surface area contributed by atoms with Gasteiger partial charge in [0.25, 0.3) is 5.91 Å². The molecule has 4 aliphatic rings. The fraction of sp³-hybridized carbons (Fsp3) is 0.630. The van der Waals surface area contributed by atoms with Crippen LogP contribution in [0.15, 0.2) is 35.6 Å². The van der Waals surface area contributed by atoms with Crippen LogP contribution in [0.3, 0.4) is 0 Å². The number of hydrogen-bond donors (Lipinski definition) is 0. The van der Waals surface area contributed by atoms with Crippen LogP contribution in [0.2, 0.25) is 0 Å². The molecule has 7 nitrogen and oxygen atoms in total. The number of hydrogen-bond acceptors (Lipinski definition) is 6. The van der Waals surface area contributed by atoms with Gasteiger partial charge >= 0.3 is 0 Å². The van der Waals surface area contributed by atoms with E-state index in [-0.39, 0.29) is 23.9 Å². The Kier molecular flexibility index (Phi) is 7.39.